The highest BCUT2D eigenvalue weighted by atomic mass is 16.6. The standard InChI is InChI=1S/C30H30N4O6/c1-5-24(33-28(36)22-15-7-8-16-23(22)29(33)37)30(38)32(6-2)26(20-13-10-14-21(17-20)34(39)40)27(35)31-25-18(3)11-9-12-19(25)4/h7-17,24,26H,5-6H2,1-4H3,(H,31,35)/t24-,26+/m0/s1. The fourth-order valence-corrected chi connectivity index (χ4v) is 5.10. The molecule has 0 spiro atoms. The van der Waals surface area contributed by atoms with Crippen molar-refractivity contribution in [2.45, 2.75) is 46.2 Å². The van der Waals surface area contributed by atoms with Gasteiger partial charge in [-0.25, -0.2) is 0 Å². The highest BCUT2D eigenvalue weighted by molar-refractivity contribution is 6.23. The van der Waals surface area contributed by atoms with Crippen LogP contribution in [0.15, 0.2) is 66.7 Å². The quantitative estimate of drug-likeness (QED) is 0.235. The molecule has 1 N–H and O–H groups in total. The third kappa shape index (κ3) is 5.07. The largest absolute Gasteiger partial charge is 0.325 e. The number of rotatable bonds is 9. The number of para-hydroxylation sites is 1. The van der Waals surface area contributed by atoms with Crippen LogP contribution in [0.4, 0.5) is 11.4 Å². The summed E-state index contributed by atoms with van der Waals surface area (Å²) in [6.07, 6.45) is 0.112. The van der Waals surface area contributed by atoms with Gasteiger partial charge in [-0.05, 0) is 56.0 Å². The molecule has 40 heavy (non-hydrogen) atoms. The van der Waals surface area contributed by atoms with Gasteiger partial charge in [-0.2, -0.15) is 0 Å². The Bertz CT molecular complexity index is 1460. The Kier molecular flexibility index (Phi) is 8.08. The van der Waals surface area contributed by atoms with Gasteiger partial charge in [0.2, 0.25) is 5.91 Å². The Morgan fingerprint density at radius 1 is 0.925 bits per heavy atom. The van der Waals surface area contributed by atoms with Crippen LogP contribution in [0.2, 0.25) is 0 Å². The van der Waals surface area contributed by atoms with Crippen molar-refractivity contribution in [1.82, 2.24) is 9.80 Å². The predicted molar refractivity (Wildman–Crippen MR) is 149 cm³/mol. The number of likely N-dealkylation sites (N-methyl/N-ethyl adjacent to an activating group) is 1. The van der Waals surface area contributed by atoms with E-state index in [1.165, 1.54) is 35.2 Å². The summed E-state index contributed by atoms with van der Waals surface area (Å²) in [5.74, 6) is -2.36. The summed E-state index contributed by atoms with van der Waals surface area (Å²) in [4.78, 5) is 67.7. The minimum Gasteiger partial charge on any atom is -0.325 e. The van der Waals surface area contributed by atoms with Crippen LogP contribution in [0.1, 0.15) is 63.7 Å². The fraction of sp³-hybridized carbons (Fsp3) is 0.267. The summed E-state index contributed by atoms with van der Waals surface area (Å²) in [6, 6.07) is 15.0. The number of nitrogens with one attached hydrogen (secondary N) is 1. The van der Waals surface area contributed by atoms with Crippen molar-refractivity contribution in [2.75, 3.05) is 11.9 Å². The molecule has 0 fully saturated rings. The monoisotopic (exact) mass is 542 g/mol. The molecule has 206 valence electrons. The predicted octanol–water partition coefficient (Wildman–Crippen LogP) is 4.81. The molecule has 10 heteroatoms. The number of anilines is 1. The number of nitrogens with zero attached hydrogens (tertiary/aromatic N) is 3. The number of hydrogen-bond acceptors (Lipinski definition) is 6. The van der Waals surface area contributed by atoms with Gasteiger partial charge in [-0.3, -0.25) is 34.2 Å². The van der Waals surface area contributed by atoms with Crippen molar-refractivity contribution < 1.29 is 24.1 Å². The zero-order chi connectivity index (χ0) is 29.1. The van der Waals surface area contributed by atoms with Crippen molar-refractivity contribution >= 4 is 35.0 Å². The molecule has 1 aliphatic rings. The molecule has 0 unspecified atom stereocenters. The van der Waals surface area contributed by atoms with Gasteiger partial charge in [0.15, 0.2) is 0 Å². The first-order valence-corrected chi connectivity index (χ1v) is 13.0. The first kappa shape index (κ1) is 28.2. The van der Waals surface area contributed by atoms with Crippen molar-refractivity contribution in [3.8, 4) is 0 Å². The van der Waals surface area contributed by atoms with Crippen LogP contribution in [0.5, 0.6) is 0 Å². The van der Waals surface area contributed by atoms with Crippen molar-refractivity contribution in [3.63, 3.8) is 0 Å². The molecular formula is C30H30N4O6. The van der Waals surface area contributed by atoms with Crippen molar-refractivity contribution in [3.05, 3.63) is 105 Å². The molecule has 10 nitrogen and oxygen atoms in total. The fourth-order valence-electron chi connectivity index (χ4n) is 5.10. The Balaban J connectivity index is 1.77. The van der Waals surface area contributed by atoms with Crippen LogP contribution in [0.25, 0.3) is 0 Å². The van der Waals surface area contributed by atoms with E-state index in [1.807, 2.05) is 32.0 Å². The Morgan fingerprint density at radius 2 is 1.50 bits per heavy atom. The number of carbonyl (C=O) groups excluding carboxylic acids is 4. The van der Waals surface area contributed by atoms with Gasteiger partial charge in [-0.15, -0.1) is 0 Å². The third-order valence-corrected chi connectivity index (χ3v) is 7.12. The molecular weight excluding hydrogens is 512 g/mol. The lowest BCUT2D eigenvalue weighted by Gasteiger charge is -2.35. The van der Waals surface area contributed by atoms with Gasteiger partial charge in [0, 0.05) is 24.4 Å². The number of nitro groups is 1. The van der Waals surface area contributed by atoms with E-state index in [1.54, 1.807) is 32.0 Å². The average molecular weight is 543 g/mol. The summed E-state index contributed by atoms with van der Waals surface area (Å²) in [6.45, 7) is 7.06. The number of benzene rings is 3. The Hall–Kier alpha value is -4.86. The first-order chi connectivity index (χ1) is 19.1. The van der Waals surface area contributed by atoms with Crippen molar-refractivity contribution in [2.24, 2.45) is 0 Å². The molecule has 0 bridgehead atoms. The lowest BCUT2D eigenvalue weighted by Crippen LogP contribution is -2.53. The lowest BCUT2D eigenvalue weighted by atomic mass is 10.0. The van der Waals surface area contributed by atoms with Crippen LogP contribution in [-0.2, 0) is 9.59 Å². The van der Waals surface area contributed by atoms with E-state index in [9.17, 15) is 29.3 Å². The summed E-state index contributed by atoms with van der Waals surface area (Å²) >= 11 is 0. The van der Waals surface area contributed by atoms with Crippen LogP contribution in [0.3, 0.4) is 0 Å². The van der Waals surface area contributed by atoms with E-state index in [0.29, 0.717) is 5.69 Å². The highest BCUT2D eigenvalue weighted by Crippen LogP contribution is 2.31. The molecule has 0 aromatic heterocycles. The average Bonchev–Trinajstić information content (AvgIpc) is 3.19. The van der Waals surface area contributed by atoms with Gasteiger partial charge in [0.1, 0.15) is 12.1 Å². The highest BCUT2D eigenvalue weighted by Gasteiger charge is 2.45. The number of carbonyl (C=O) groups is 4. The molecule has 1 heterocycles. The van der Waals surface area contributed by atoms with Gasteiger partial charge in [0.25, 0.3) is 23.4 Å². The van der Waals surface area contributed by atoms with Gasteiger partial charge in [-0.1, -0.05) is 49.4 Å². The number of amides is 4. The number of aryl methyl sites for hydroxylation is 2. The minimum atomic E-state index is -1.28. The molecule has 0 saturated heterocycles. The zero-order valence-electron chi connectivity index (χ0n) is 22.7. The SMILES string of the molecule is CC[C@@H](C(=O)N(CC)[C@@H](C(=O)Nc1c(C)cccc1C)c1cccc([N+](=O)[O-])c1)N1C(=O)c2ccccc2C1=O. The molecule has 2 atom stereocenters. The molecule has 4 amide bonds. The maximum absolute atomic E-state index is 14.1. The van der Waals surface area contributed by atoms with E-state index in [-0.39, 0.29) is 35.3 Å². The van der Waals surface area contributed by atoms with E-state index >= 15 is 0 Å². The minimum absolute atomic E-state index is 0.0338. The number of hydrogen-bond donors (Lipinski definition) is 1. The molecule has 0 saturated carbocycles. The van der Waals surface area contributed by atoms with Gasteiger partial charge in [0.05, 0.1) is 16.1 Å². The molecule has 0 radical (unpaired) electrons. The summed E-state index contributed by atoms with van der Waals surface area (Å²) < 4.78 is 0. The molecule has 3 aromatic carbocycles. The zero-order valence-corrected chi connectivity index (χ0v) is 22.7. The van der Waals surface area contributed by atoms with Gasteiger partial charge >= 0.3 is 0 Å². The maximum atomic E-state index is 14.1. The van der Waals surface area contributed by atoms with E-state index in [2.05, 4.69) is 5.32 Å². The van der Waals surface area contributed by atoms with Crippen LogP contribution in [-0.4, -0.2) is 50.9 Å². The van der Waals surface area contributed by atoms with E-state index < -0.39 is 40.6 Å². The third-order valence-electron chi connectivity index (χ3n) is 7.12. The Morgan fingerprint density at radius 3 is 2.02 bits per heavy atom. The molecule has 4 rings (SSSR count). The van der Waals surface area contributed by atoms with Crippen LogP contribution >= 0.6 is 0 Å². The normalized spacial score (nSPS) is 13.9. The van der Waals surface area contributed by atoms with Crippen LogP contribution in [0, 0.1) is 24.0 Å². The van der Waals surface area contributed by atoms with E-state index in [4.69, 9.17) is 0 Å². The second-order valence-electron chi connectivity index (χ2n) is 9.58. The topological polar surface area (TPSA) is 130 Å². The second kappa shape index (κ2) is 11.5. The van der Waals surface area contributed by atoms with Crippen molar-refractivity contribution in [1.29, 1.82) is 0 Å². The first-order valence-electron chi connectivity index (χ1n) is 13.0. The van der Waals surface area contributed by atoms with Crippen LogP contribution < -0.4 is 5.32 Å². The maximum Gasteiger partial charge on any atom is 0.269 e. The smallest absolute Gasteiger partial charge is 0.269 e. The van der Waals surface area contributed by atoms with Gasteiger partial charge < -0.3 is 10.2 Å². The lowest BCUT2D eigenvalue weighted by molar-refractivity contribution is -0.384. The number of nitro benzene ring substituents is 1. The molecule has 3 aromatic rings. The summed E-state index contributed by atoms with van der Waals surface area (Å²) in [5.41, 5.74) is 2.59. The summed E-state index contributed by atoms with van der Waals surface area (Å²) in [7, 11) is 0. The van der Waals surface area contributed by atoms with E-state index in [0.717, 1.165) is 16.0 Å². The number of non-ortho nitro benzene ring substituents is 1. The second-order valence-corrected chi connectivity index (χ2v) is 9.58. The summed E-state index contributed by atoms with van der Waals surface area (Å²) in [5, 5.41) is 14.5. The molecule has 0 aliphatic carbocycles. The number of imide groups is 1. The number of fused-ring (bicyclic) bond motifs is 1. The Labute approximate surface area is 231 Å². The molecule has 1 aliphatic heterocycles.